The zero-order chi connectivity index (χ0) is 23.0. The van der Waals surface area contributed by atoms with Gasteiger partial charge in [0, 0.05) is 32.7 Å². The highest BCUT2D eigenvalue weighted by atomic mass is 19.4. The molecule has 6 nitrogen and oxygen atoms in total. The van der Waals surface area contributed by atoms with Crippen LogP contribution < -0.4 is 14.8 Å². The molecule has 2 aromatic carbocycles. The Kier molecular flexibility index (Phi) is 8.35. The molecule has 1 saturated heterocycles. The SMILES string of the molecule is CCOc1ccc(OCCN2CCN(CC(=O)Nc3ccccc3C(F)(F)F)CC2)cc1. The molecule has 0 aromatic heterocycles. The van der Waals surface area contributed by atoms with Crippen molar-refractivity contribution in [1.82, 2.24) is 9.80 Å². The third-order valence-corrected chi connectivity index (χ3v) is 5.15. The molecule has 174 valence electrons. The van der Waals surface area contributed by atoms with E-state index in [9.17, 15) is 18.0 Å². The number of nitrogens with zero attached hydrogens (tertiary/aromatic N) is 2. The van der Waals surface area contributed by atoms with Gasteiger partial charge in [-0.05, 0) is 43.3 Å². The van der Waals surface area contributed by atoms with E-state index in [-0.39, 0.29) is 12.2 Å². The molecule has 0 aliphatic carbocycles. The number of carbonyl (C=O) groups is 1. The van der Waals surface area contributed by atoms with Gasteiger partial charge < -0.3 is 14.8 Å². The molecule has 0 radical (unpaired) electrons. The maximum absolute atomic E-state index is 13.1. The second kappa shape index (κ2) is 11.2. The molecule has 1 aliphatic rings. The van der Waals surface area contributed by atoms with Crippen molar-refractivity contribution in [3.05, 3.63) is 54.1 Å². The number of anilines is 1. The average molecular weight is 451 g/mol. The summed E-state index contributed by atoms with van der Waals surface area (Å²) in [5.41, 5.74) is -1.05. The number of ether oxygens (including phenoxy) is 2. The van der Waals surface area contributed by atoms with Gasteiger partial charge in [0.25, 0.3) is 0 Å². The Labute approximate surface area is 185 Å². The predicted molar refractivity (Wildman–Crippen MR) is 116 cm³/mol. The molecule has 1 amide bonds. The molecule has 0 saturated carbocycles. The first-order valence-electron chi connectivity index (χ1n) is 10.6. The topological polar surface area (TPSA) is 54.0 Å². The van der Waals surface area contributed by atoms with Crippen LogP contribution in [-0.2, 0) is 11.0 Å². The van der Waals surface area contributed by atoms with E-state index in [2.05, 4.69) is 10.2 Å². The van der Waals surface area contributed by atoms with Crippen LogP contribution in [0.1, 0.15) is 12.5 Å². The summed E-state index contributed by atoms with van der Waals surface area (Å²) >= 11 is 0. The number of halogens is 3. The average Bonchev–Trinajstić information content (AvgIpc) is 2.76. The normalized spacial score (nSPS) is 15.4. The first-order valence-corrected chi connectivity index (χ1v) is 10.6. The molecule has 0 spiro atoms. The van der Waals surface area contributed by atoms with Gasteiger partial charge >= 0.3 is 6.18 Å². The number of carbonyl (C=O) groups excluding carboxylic acids is 1. The molecule has 1 fully saturated rings. The number of hydrogen-bond acceptors (Lipinski definition) is 5. The number of hydrogen-bond donors (Lipinski definition) is 1. The first kappa shape index (κ1) is 23.9. The number of nitrogens with one attached hydrogen (secondary N) is 1. The lowest BCUT2D eigenvalue weighted by molar-refractivity contribution is -0.137. The zero-order valence-corrected chi connectivity index (χ0v) is 18.0. The van der Waals surface area contributed by atoms with E-state index in [1.54, 1.807) is 0 Å². The van der Waals surface area contributed by atoms with Crippen LogP contribution in [0.15, 0.2) is 48.5 Å². The van der Waals surface area contributed by atoms with Crippen molar-refractivity contribution in [2.75, 3.05) is 57.8 Å². The highest BCUT2D eigenvalue weighted by molar-refractivity contribution is 5.93. The van der Waals surface area contributed by atoms with Crippen LogP contribution in [0.3, 0.4) is 0 Å². The van der Waals surface area contributed by atoms with Crippen molar-refractivity contribution in [1.29, 1.82) is 0 Å². The molecule has 0 bridgehead atoms. The molecule has 1 N–H and O–H groups in total. The second-order valence-electron chi connectivity index (χ2n) is 7.46. The number of piperazine rings is 1. The second-order valence-corrected chi connectivity index (χ2v) is 7.46. The number of benzene rings is 2. The molecule has 3 rings (SSSR count). The highest BCUT2D eigenvalue weighted by Crippen LogP contribution is 2.34. The van der Waals surface area contributed by atoms with E-state index < -0.39 is 17.6 Å². The van der Waals surface area contributed by atoms with E-state index >= 15 is 0 Å². The Morgan fingerprint density at radius 3 is 2.16 bits per heavy atom. The van der Waals surface area contributed by atoms with E-state index in [0.29, 0.717) is 26.3 Å². The number of rotatable bonds is 9. The van der Waals surface area contributed by atoms with Crippen LogP contribution in [0.5, 0.6) is 11.5 Å². The van der Waals surface area contributed by atoms with Gasteiger partial charge in [0.15, 0.2) is 0 Å². The van der Waals surface area contributed by atoms with Gasteiger partial charge in [-0.2, -0.15) is 13.2 Å². The van der Waals surface area contributed by atoms with E-state index in [1.807, 2.05) is 36.1 Å². The van der Waals surface area contributed by atoms with Crippen LogP contribution in [0, 0.1) is 0 Å². The number of para-hydroxylation sites is 1. The van der Waals surface area contributed by atoms with Crippen LogP contribution in [0.2, 0.25) is 0 Å². The summed E-state index contributed by atoms with van der Waals surface area (Å²) in [4.78, 5) is 16.5. The van der Waals surface area contributed by atoms with Gasteiger partial charge in [0.2, 0.25) is 5.91 Å². The molecule has 32 heavy (non-hydrogen) atoms. The summed E-state index contributed by atoms with van der Waals surface area (Å²) < 4.78 is 50.4. The van der Waals surface area contributed by atoms with Crippen LogP contribution in [-0.4, -0.2) is 68.2 Å². The Balaban J connectivity index is 1.37. The molecule has 2 aromatic rings. The fraction of sp³-hybridized carbons (Fsp3) is 0.435. The van der Waals surface area contributed by atoms with Gasteiger partial charge in [-0.25, -0.2) is 0 Å². The predicted octanol–water partition coefficient (Wildman–Crippen LogP) is 3.74. The number of amides is 1. The maximum Gasteiger partial charge on any atom is 0.418 e. The minimum absolute atomic E-state index is 0.0582. The largest absolute Gasteiger partial charge is 0.494 e. The highest BCUT2D eigenvalue weighted by Gasteiger charge is 2.33. The fourth-order valence-electron chi connectivity index (χ4n) is 3.49. The molecule has 9 heteroatoms. The molecule has 1 aliphatic heterocycles. The summed E-state index contributed by atoms with van der Waals surface area (Å²) in [6.07, 6.45) is -4.51. The molecular weight excluding hydrogens is 423 g/mol. The van der Waals surface area contributed by atoms with E-state index in [1.165, 1.54) is 18.2 Å². The lowest BCUT2D eigenvalue weighted by Gasteiger charge is -2.34. The Morgan fingerprint density at radius 1 is 0.938 bits per heavy atom. The third-order valence-electron chi connectivity index (χ3n) is 5.15. The van der Waals surface area contributed by atoms with Crippen LogP contribution in [0.25, 0.3) is 0 Å². The van der Waals surface area contributed by atoms with Crippen molar-refractivity contribution >= 4 is 11.6 Å². The summed E-state index contributed by atoms with van der Waals surface area (Å²) in [7, 11) is 0. The Morgan fingerprint density at radius 2 is 1.53 bits per heavy atom. The smallest absolute Gasteiger partial charge is 0.418 e. The van der Waals surface area contributed by atoms with Crippen molar-refractivity contribution in [2.45, 2.75) is 13.1 Å². The van der Waals surface area contributed by atoms with E-state index in [0.717, 1.165) is 37.2 Å². The lowest BCUT2D eigenvalue weighted by atomic mass is 10.1. The number of alkyl halides is 3. The van der Waals surface area contributed by atoms with Gasteiger partial charge in [0.1, 0.15) is 18.1 Å². The zero-order valence-electron chi connectivity index (χ0n) is 18.0. The summed E-state index contributed by atoms with van der Waals surface area (Å²) in [5.74, 6) is 1.14. The van der Waals surface area contributed by atoms with Crippen molar-refractivity contribution in [3.8, 4) is 11.5 Å². The summed E-state index contributed by atoms with van der Waals surface area (Å²) in [5, 5.41) is 2.40. The Hall–Kier alpha value is -2.78. The quantitative estimate of drug-likeness (QED) is 0.630. The summed E-state index contributed by atoms with van der Waals surface area (Å²) in [6, 6.07) is 12.5. The molecular formula is C23H28F3N3O3. The van der Waals surface area contributed by atoms with Crippen molar-refractivity contribution in [2.24, 2.45) is 0 Å². The van der Waals surface area contributed by atoms with Gasteiger partial charge in [0.05, 0.1) is 24.4 Å². The van der Waals surface area contributed by atoms with Crippen LogP contribution in [0.4, 0.5) is 18.9 Å². The van der Waals surface area contributed by atoms with Gasteiger partial charge in [-0.15, -0.1) is 0 Å². The minimum Gasteiger partial charge on any atom is -0.494 e. The molecule has 0 unspecified atom stereocenters. The minimum atomic E-state index is -4.51. The fourth-order valence-corrected chi connectivity index (χ4v) is 3.49. The standard InChI is InChI=1S/C23H28F3N3O3/c1-2-31-18-7-9-19(10-8-18)32-16-15-28-11-13-29(14-12-28)17-22(30)27-21-6-4-3-5-20(21)23(24,25)26/h3-10H,2,11-17H2,1H3,(H,27,30). The Bertz CT molecular complexity index is 867. The first-order chi connectivity index (χ1) is 15.3. The van der Waals surface area contributed by atoms with Crippen molar-refractivity contribution < 1.29 is 27.4 Å². The summed E-state index contributed by atoms with van der Waals surface area (Å²) in [6.45, 7) is 6.77. The maximum atomic E-state index is 13.1. The third kappa shape index (κ3) is 7.13. The van der Waals surface area contributed by atoms with Crippen molar-refractivity contribution in [3.63, 3.8) is 0 Å². The lowest BCUT2D eigenvalue weighted by Crippen LogP contribution is -2.49. The monoisotopic (exact) mass is 451 g/mol. The van der Waals surface area contributed by atoms with Gasteiger partial charge in [-0.1, -0.05) is 12.1 Å². The molecule has 0 atom stereocenters. The van der Waals surface area contributed by atoms with Crippen LogP contribution >= 0.6 is 0 Å². The van der Waals surface area contributed by atoms with E-state index in [4.69, 9.17) is 9.47 Å². The molecule has 1 heterocycles. The van der Waals surface area contributed by atoms with Gasteiger partial charge in [-0.3, -0.25) is 14.6 Å².